The minimum atomic E-state index is 0. The zero-order valence-corrected chi connectivity index (χ0v) is 105. The summed E-state index contributed by atoms with van der Waals surface area (Å²) >= 11 is 0. The van der Waals surface area contributed by atoms with Gasteiger partial charge in [-0.1, -0.05) is 437 Å². The van der Waals surface area contributed by atoms with Crippen LogP contribution in [0.5, 0.6) is 0 Å². The molecule has 9 unspecified atom stereocenters. The van der Waals surface area contributed by atoms with Gasteiger partial charge in [-0.2, -0.15) is 0 Å². The van der Waals surface area contributed by atoms with Crippen molar-refractivity contribution in [2.45, 2.75) is 432 Å². The average molecular weight is 2140 g/mol. The number of hydrogen-bond donors (Lipinski definition) is 0. The molecular weight excluding hydrogens is 1920 g/mol. The van der Waals surface area contributed by atoms with E-state index in [1.54, 1.807) is 70.0 Å². The summed E-state index contributed by atoms with van der Waals surface area (Å²) < 4.78 is 0. The second-order valence-corrected chi connectivity index (χ2v) is 53.1. The SMILES string of the molecule is C1CCC(C2CCCCC2)CC1.C1CCC(C2CCCCC2)CC1.CC(C)(C)C(C)(C)C.CC(C)(C)C(C)(C)C.CC(C)(C)C(C)(C)C.CC(C)(C)C(C)(C)C.CC(C)(C)C(C)(C)C.CC(C)(C)C(C)(C)C.CC(C)(C)C(C)(C)C.PCCCP.PCCP.PCCP.PCP.PCc1ccccn1.[Ni].[Ni].[Ni].[Ni].[Ni].[Ni].c1ccc(-c2ccccn2)nc1. The zero-order chi connectivity index (χ0) is 93.2. The standard InChI is InChI=1S/2C12H22.C10H8N2.7C8H18.C6H8NP.C3H10P2.2C2H8P2.CH6P2.6Ni/c2*1-3-7-11(8-4-1)12-9-5-2-6-10-12;1-3-7-11-9(5-1)10-6-2-4-8-12-10;7*1-7(2,3)8(4,5)6;8-5-6-3-1-2-4-7-6;4-2-1-3-5;2*3-1-2-4;2-1-3;;;;;;/h2*11-12H,1-10H2;1-8H;7*1-6H3;1-4H,5,8H2;1-5H2;2*1-4H2;1-3H2;;;;;;. The van der Waals surface area contributed by atoms with E-state index in [1.165, 1.54) is 120 Å². The summed E-state index contributed by atoms with van der Waals surface area (Å²) in [5.41, 5.74) is 9.08. The minimum absolute atomic E-state index is 0. The predicted octanol–water partition coefficient (Wildman–Crippen LogP) is 36.7. The summed E-state index contributed by atoms with van der Waals surface area (Å²) in [5, 5.41) is 0. The van der Waals surface area contributed by atoms with Crippen molar-refractivity contribution in [2.75, 3.05) is 42.9 Å². The van der Waals surface area contributed by atoms with Crippen LogP contribution in [0.3, 0.4) is 0 Å². The normalized spacial score (nSPS) is 14.8. The molecule has 0 amide bonds. The Balaban J connectivity index is -0.0000000861. The molecule has 0 N–H and O–H groups in total. The molecule has 9 atom stereocenters. The van der Waals surface area contributed by atoms with E-state index in [0.717, 1.165) is 52.8 Å². The number of rotatable bonds is 8. The smallest absolute Gasteiger partial charge is 0.0886 e. The van der Waals surface area contributed by atoms with Gasteiger partial charge in [0.25, 0.3) is 0 Å². The van der Waals surface area contributed by atoms with Crippen LogP contribution >= 0.6 is 83.2 Å². The molecule has 3 aromatic heterocycles. The van der Waals surface area contributed by atoms with Crippen molar-refractivity contribution in [2.24, 2.45) is 99.5 Å². The Hall–Kier alpha value is 4.28. The molecule has 754 valence electrons. The zero-order valence-electron chi connectivity index (χ0n) is 88.7. The first-order valence-corrected chi connectivity index (χ1v) is 53.6. The Morgan fingerprint density at radius 1 is 0.213 bits per heavy atom. The van der Waals surface area contributed by atoms with Crippen molar-refractivity contribution >= 4 is 83.2 Å². The molecule has 0 aliphatic heterocycles. The maximum atomic E-state index is 4.19. The van der Waals surface area contributed by atoms with E-state index in [1.807, 2.05) is 54.6 Å². The van der Waals surface area contributed by atoms with Gasteiger partial charge in [0.05, 0.1) is 11.4 Å². The molecule has 0 bridgehead atoms. The monoisotopic (exact) mass is 2140 g/mol. The number of pyridine rings is 3. The van der Waals surface area contributed by atoms with Crippen LogP contribution in [-0.2, 0) is 105 Å². The van der Waals surface area contributed by atoms with Gasteiger partial charge in [0.15, 0.2) is 0 Å². The summed E-state index contributed by atoms with van der Waals surface area (Å²) in [6, 6.07) is 17.5. The quantitative estimate of drug-likeness (QED) is 0.167. The number of nitrogens with zero attached hydrogens (tertiary/aromatic N) is 3. The van der Waals surface area contributed by atoms with Gasteiger partial charge in [-0.15, -0.1) is 83.2 Å². The van der Waals surface area contributed by atoms with Crippen LogP contribution in [0.2, 0.25) is 0 Å². The van der Waals surface area contributed by atoms with Crippen LogP contribution < -0.4 is 0 Å². The van der Waals surface area contributed by atoms with E-state index in [0.29, 0.717) is 75.8 Å². The van der Waals surface area contributed by atoms with E-state index in [9.17, 15) is 0 Å². The van der Waals surface area contributed by atoms with Crippen molar-refractivity contribution in [3.05, 3.63) is 78.9 Å². The van der Waals surface area contributed by atoms with Crippen molar-refractivity contribution in [1.29, 1.82) is 0 Å². The summed E-state index contributed by atoms with van der Waals surface area (Å²) in [7, 11) is 23.6. The molecule has 4 aliphatic carbocycles. The van der Waals surface area contributed by atoms with Gasteiger partial charge in [0.2, 0.25) is 0 Å². The molecule has 3 nitrogen and oxygen atoms in total. The summed E-state index contributed by atoms with van der Waals surface area (Å²) in [6.07, 6.45) is 45.7. The van der Waals surface area contributed by atoms with Gasteiger partial charge in [-0.3, -0.25) is 15.0 Å². The summed E-state index contributed by atoms with van der Waals surface area (Å²) in [4.78, 5) is 12.4. The molecule has 4 fully saturated rings. The Morgan fingerprint density at radius 2 is 0.361 bits per heavy atom. The minimum Gasteiger partial charge on any atom is -0.261 e. The topological polar surface area (TPSA) is 38.7 Å². The molecule has 4 saturated carbocycles. The third kappa shape index (κ3) is 94.6. The molecule has 0 radical (unpaired) electrons. The Labute approximate surface area is 853 Å². The summed E-state index contributed by atoms with van der Waals surface area (Å²) in [6.45, 7) is 95.4. The van der Waals surface area contributed by atoms with Crippen molar-refractivity contribution in [3.8, 4) is 11.4 Å². The first-order chi connectivity index (χ1) is 52.2. The van der Waals surface area contributed by atoms with Crippen molar-refractivity contribution < 1.29 is 98.9 Å². The molecule has 3 aromatic rings. The number of hydrogen-bond acceptors (Lipinski definition) is 3. The molecule has 0 aromatic carbocycles. The van der Waals surface area contributed by atoms with Crippen LogP contribution in [-0.4, -0.2) is 57.8 Å². The molecule has 3 heterocycles. The third-order valence-electron chi connectivity index (χ3n) is 27.0. The van der Waals surface area contributed by atoms with Gasteiger partial charge >= 0.3 is 0 Å². The average Bonchev–Trinajstić information content (AvgIpc) is 0.872. The molecule has 0 spiro atoms. The van der Waals surface area contributed by atoms with E-state index in [2.05, 4.69) is 389 Å². The van der Waals surface area contributed by atoms with E-state index < -0.39 is 0 Å². The van der Waals surface area contributed by atoms with Crippen LogP contribution in [0, 0.1) is 99.5 Å². The predicted molar refractivity (Wildman–Crippen MR) is 580 cm³/mol. The first kappa shape index (κ1) is 157. The number of aromatic nitrogens is 3. The van der Waals surface area contributed by atoms with Gasteiger partial charge in [0.1, 0.15) is 0 Å². The van der Waals surface area contributed by atoms with Gasteiger partial charge in [-0.25, -0.2) is 0 Å². The fourth-order valence-corrected chi connectivity index (χ4v) is 9.27. The van der Waals surface area contributed by atoms with Crippen LogP contribution in [0.4, 0.5) is 0 Å². The Bertz CT molecular complexity index is 2150. The molecule has 122 heavy (non-hydrogen) atoms. The maximum absolute atomic E-state index is 4.19. The van der Waals surface area contributed by atoms with Crippen LogP contribution in [0.1, 0.15) is 431 Å². The first-order valence-electron chi connectivity index (χ1n) is 46.3. The van der Waals surface area contributed by atoms with Crippen LogP contribution in [0.15, 0.2) is 73.2 Å². The van der Waals surface area contributed by atoms with E-state index >= 15 is 0 Å². The van der Waals surface area contributed by atoms with E-state index in [4.69, 9.17) is 0 Å². The second kappa shape index (κ2) is 82.4. The van der Waals surface area contributed by atoms with Gasteiger partial charge < -0.3 is 0 Å². The largest absolute Gasteiger partial charge is 0.261 e. The molecule has 0 saturated heterocycles. The third-order valence-corrected chi connectivity index (χ3v) is 30.9. The van der Waals surface area contributed by atoms with E-state index in [-0.39, 0.29) is 98.9 Å². The van der Waals surface area contributed by atoms with Crippen LogP contribution in [0.25, 0.3) is 11.4 Å². The molecular formula is C104H218N3Ni6P9. The summed E-state index contributed by atoms with van der Waals surface area (Å²) in [5.74, 6) is 5.64. The fraction of sp³-hybridized carbons (Fsp3) is 0.856. The Morgan fingerprint density at radius 3 is 0.443 bits per heavy atom. The van der Waals surface area contributed by atoms with Gasteiger partial charge in [0, 0.05) is 129 Å². The second-order valence-electron chi connectivity index (χ2n) is 47.4. The molecule has 18 heteroatoms. The molecule has 7 rings (SSSR count). The van der Waals surface area contributed by atoms with Crippen molar-refractivity contribution in [3.63, 3.8) is 0 Å². The maximum Gasteiger partial charge on any atom is 0.0886 e. The Kier molecular flexibility index (Phi) is 106. The van der Waals surface area contributed by atoms with Gasteiger partial charge in [-0.05, 0) is 185 Å². The van der Waals surface area contributed by atoms with Crippen molar-refractivity contribution in [1.82, 2.24) is 15.0 Å². The fourth-order valence-electron chi connectivity index (χ4n) is 8.09. The molecule has 4 aliphatic rings.